The molecule has 0 aliphatic carbocycles. The van der Waals surface area contributed by atoms with Crippen LogP contribution in [0.15, 0.2) is 59.5 Å². The summed E-state index contributed by atoms with van der Waals surface area (Å²) in [5, 5.41) is 23.9. The second-order valence-corrected chi connectivity index (χ2v) is 9.19. The number of fused-ring (bicyclic) bond motifs is 1. The number of thiophene rings is 1. The molecular weight excluding hydrogens is 464 g/mol. The van der Waals surface area contributed by atoms with Crippen LogP contribution in [-0.2, 0) is 9.59 Å². The number of ketones is 1. The second-order valence-electron chi connectivity index (χ2n) is 7.77. The van der Waals surface area contributed by atoms with Crippen molar-refractivity contribution in [2.24, 2.45) is 0 Å². The van der Waals surface area contributed by atoms with Gasteiger partial charge < -0.3 is 19.8 Å². The maximum Gasteiger partial charge on any atom is 0.300 e. The number of carbonyl (C=O) groups is 2. The van der Waals surface area contributed by atoms with Gasteiger partial charge in [0.25, 0.3) is 11.7 Å². The van der Waals surface area contributed by atoms with Crippen molar-refractivity contribution >= 4 is 51.8 Å². The number of carbonyl (C=O) groups excluding carboxylic acids is 2. The van der Waals surface area contributed by atoms with Gasteiger partial charge in [-0.15, -0.1) is 11.3 Å². The summed E-state index contributed by atoms with van der Waals surface area (Å²) in [6, 6.07) is 12.1. The standard InChI is InChI=1S/C24H19ClN2O5S/c1-26-8-9-32-18-7-4-13(11-16(18)26)22(29)20-21(19-3-2-10-33-19)27(24(31)23(20)30)15-12-14(25)5-6-17(15)28/h2-7,10-12,21,28-29H,8-9H2,1H3/b22-20-. The maximum atomic E-state index is 13.2. The first-order valence-corrected chi connectivity index (χ1v) is 11.4. The topological polar surface area (TPSA) is 90.3 Å². The summed E-state index contributed by atoms with van der Waals surface area (Å²) in [6.07, 6.45) is 0. The SMILES string of the molecule is CN1CCOc2ccc(/C(O)=C3/C(=O)C(=O)N(c4cc(Cl)ccc4O)C3c3cccs3)cc21. The third kappa shape index (κ3) is 3.51. The molecule has 0 radical (unpaired) electrons. The molecule has 168 valence electrons. The van der Waals surface area contributed by atoms with Crippen molar-refractivity contribution in [1.82, 2.24) is 0 Å². The van der Waals surface area contributed by atoms with Crippen molar-refractivity contribution in [3.05, 3.63) is 74.9 Å². The molecule has 1 saturated heterocycles. The van der Waals surface area contributed by atoms with Crippen molar-refractivity contribution in [2.75, 3.05) is 30.0 Å². The normalized spacial score (nSPS) is 19.5. The van der Waals surface area contributed by atoms with E-state index >= 15 is 0 Å². The van der Waals surface area contributed by atoms with Gasteiger partial charge in [0.05, 0.1) is 23.5 Å². The van der Waals surface area contributed by atoms with Crippen LogP contribution in [0.5, 0.6) is 11.5 Å². The minimum Gasteiger partial charge on any atom is -0.507 e. The fourth-order valence-corrected chi connectivity index (χ4v) is 5.13. The van der Waals surface area contributed by atoms with Crippen molar-refractivity contribution in [2.45, 2.75) is 6.04 Å². The molecule has 2 aliphatic rings. The average Bonchev–Trinajstić information content (AvgIpc) is 3.42. The number of aliphatic hydroxyl groups is 1. The number of amides is 1. The van der Waals surface area contributed by atoms with Crippen LogP contribution in [0.3, 0.4) is 0 Å². The number of aliphatic hydroxyl groups excluding tert-OH is 1. The Morgan fingerprint density at radius 2 is 1.97 bits per heavy atom. The number of ether oxygens (including phenoxy) is 1. The number of hydrogen-bond acceptors (Lipinski definition) is 7. The van der Waals surface area contributed by atoms with Crippen molar-refractivity contribution in [1.29, 1.82) is 0 Å². The predicted octanol–water partition coefficient (Wildman–Crippen LogP) is 4.56. The molecule has 2 aliphatic heterocycles. The van der Waals surface area contributed by atoms with Gasteiger partial charge in [0.1, 0.15) is 29.9 Å². The molecule has 0 saturated carbocycles. The summed E-state index contributed by atoms with van der Waals surface area (Å²) >= 11 is 7.46. The average molecular weight is 483 g/mol. The summed E-state index contributed by atoms with van der Waals surface area (Å²) < 4.78 is 5.66. The quantitative estimate of drug-likeness (QED) is 0.323. The Labute approximate surface area is 198 Å². The zero-order chi connectivity index (χ0) is 23.3. The fraction of sp³-hybridized carbons (Fsp3) is 0.167. The zero-order valence-corrected chi connectivity index (χ0v) is 19.1. The molecule has 1 fully saturated rings. The van der Waals surface area contributed by atoms with Crippen LogP contribution < -0.4 is 14.5 Å². The van der Waals surface area contributed by atoms with Gasteiger partial charge in [-0.3, -0.25) is 14.5 Å². The van der Waals surface area contributed by atoms with Crippen LogP contribution in [-0.4, -0.2) is 42.1 Å². The van der Waals surface area contributed by atoms with Crippen LogP contribution in [0.1, 0.15) is 16.5 Å². The lowest BCUT2D eigenvalue weighted by Crippen LogP contribution is -2.29. The maximum absolute atomic E-state index is 13.2. The van der Waals surface area contributed by atoms with Gasteiger partial charge in [0.2, 0.25) is 0 Å². The Morgan fingerprint density at radius 1 is 1.15 bits per heavy atom. The monoisotopic (exact) mass is 482 g/mol. The summed E-state index contributed by atoms with van der Waals surface area (Å²) in [4.78, 5) is 30.2. The number of anilines is 2. The summed E-state index contributed by atoms with van der Waals surface area (Å²) in [6.45, 7) is 1.24. The molecule has 1 unspecified atom stereocenters. The third-order valence-corrected chi connectivity index (χ3v) is 6.94. The molecule has 1 atom stereocenters. The molecule has 0 spiro atoms. The number of hydrogen-bond donors (Lipinski definition) is 2. The van der Waals surface area contributed by atoms with Gasteiger partial charge in [-0.05, 0) is 47.8 Å². The first kappa shape index (κ1) is 21.4. The van der Waals surface area contributed by atoms with E-state index in [-0.39, 0.29) is 22.8 Å². The lowest BCUT2D eigenvalue weighted by Gasteiger charge is -2.28. The fourth-order valence-electron chi connectivity index (χ4n) is 4.14. The predicted molar refractivity (Wildman–Crippen MR) is 127 cm³/mol. The van der Waals surface area contributed by atoms with E-state index in [9.17, 15) is 19.8 Å². The molecular formula is C24H19ClN2O5S. The number of likely N-dealkylation sites (N-methyl/N-ethyl adjacent to an activating group) is 1. The van der Waals surface area contributed by atoms with Crippen molar-refractivity contribution in [3.8, 4) is 11.5 Å². The van der Waals surface area contributed by atoms with Crippen molar-refractivity contribution < 1.29 is 24.5 Å². The molecule has 33 heavy (non-hydrogen) atoms. The second kappa shape index (κ2) is 8.13. The van der Waals surface area contributed by atoms with Gasteiger partial charge in [-0.1, -0.05) is 17.7 Å². The first-order chi connectivity index (χ1) is 15.9. The molecule has 5 rings (SSSR count). The Hall–Kier alpha value is -3.49. The van der Waals surface area contributed by atoms with E-state index in [1.54, 1.807) is 30.3 Å². The minimum absolute atomic E-state index is 0.0545. The minimum atomic E-state index is -0.917. The first-order valence-electron chi connectivity index (χ1n) is 10.2. The van der Waals surface area contributed by atoms with Crippen LogP contribution >= 0.6 is 22.9 Å². The lowest BCUT2D eigenvalue weighted by molar-refractivity contribution is -0.132. The Bertz CT molecular complexity index is 1300. The van der Waals surface area contributed by atoms with E-state index in [4.69, 9.17) is 16.3 Å². The van der Waals surface area contributed by atoms with Crippen LogP contribution in [0.2, 0.25) is 5.02 Å². The summed E-state index contributed by atoms with van der Waals surface area (Å²) in [5.41, 5.74) is 1.21. The highest BCUT2D eigenvalue weighted by atomic mass is 35.5. The molecule has 7 nitrogen and oxygen atoms in total. The Kier molecular flexibility index (Phi) is 5.26. The number of aromatic hydroxyl groups is 1. The Balaban J connectivity index is 1.70. The van der Waals surface area contributed by atoms with E-state index < -0.39 is 17.7 Å². The number of Topliss-reactive ketones (excluding diaryl/α,β-unsaturated/α-hetero) is 1. The van der Waals surface area contributed by atoms with Crippen LogP contribution in [0, 0.1) is 0 Å². The van der Waals surface area contributed by atoms with E-state index in [1.807, 2.05) is 17.3 Å². The van der Waals surface area contributed by atoms with E-state index in [0.29, 0.717) is 34.4 Å². The molecule has 9 heteroatoms. The van der Waals surface area contributed by atoms with Crippen molar-refractivity contribution in [3.63, 3.8) is 0 Å². The molecule has 1 aromatic heterocycles. The van der Waals surface area contributed by atoms with Crippen LogP contribution in [0.25, 0.3) is 5.76 Å². The third-order valence-electron chi connectivity index (χ3n) is 5.78. The highest BCUT2D eigenvalue weighted by molar-refractivity contribution is 7.10. The molecule has 3 heterocycles. The van der Waals surface area contributed by atoms with E-state index in [0.717, 1.165) is 5.69 Å². The number of nitrogens with zero attached hydrogens (tertiary/aromatic N) is 2. The molecule has 0 bridgehead atoms. The highest BCUT2D eigenvalue weighted by Crippen LogP contribution is 2.47. The number of rotatable bonds is 3. The molecule has 2 N–H and O–H groups in total. The van der Waals surface area contributed by atoms with Gasteiger partial charge >= 0.3 is 0 Å². The van der Waals surface area contributed by atoms with E-state index in [1.165, 1.54) is 34.4 Å². The summed E-state index contributed by atoms with van der Waals surface area (Å²) in [7, 11) is 1.91. The summed E-state index contributed by atoms with van der Waals surface area (Å²) in [5.74, 6) is -1.51. The van der Waals surface area contributed by atoms with Crippen LogP contribution in [0.4, 0.5) is 11.4 Å². The smallest absolute Gasteiger partial charge is 0.300 e. The Morgan fingerprint density at radius 3 is 2.73 bits per heavy atom. The molecule has 3 aromatic rings. The highest BCUT2D eigenvalue weighted by Gasteiger charge is 2.48. The number of phenolic OH excluding ortho intramolecular Hbond substituents is 1. The number of phenols is 1. The largest absolute Gasteiger partial charge is 0.507 e. The number of halogens is 1. The molecule has 1 amide bonds. The van der Waals surface area contributed by atoms with Gasteiger partial charge in [-0.2, -0.15) is 0 Å². The zero-order valence-electron chi connectivity index (χ0n) is 17.5. The van der Waals surface area contributed by atoms with E-state index in [2.05, 4.69) is 0 Å². The van der Waals surface area contributed by atoms with Gasteiger partial charge in [-0.25, -0.2) is 0 Å². The van der Waals surface area contributed by atoms with Gasteiger partial charge in [0, 0.05) is 22.5 Å². The van der Waals surface area contributed by atoms with Gasteiger partial charge in [0.15, 0.2) is 0 Å². The lowest BCUT2D eigenvalue weighted by atomic mass is 9.99. The number of benzene rings is 2. The molecule has 2 aromatic carbocycles.